The predicted molar refractivity (Wildman–Crippen MR) is 118 cm³/mol. The van der Waals surface area contributed by atoms with Crippen molar-refractivity contribution in [2.24, 2.45) is 0 Å². The normalized spacial score (nSPS) is 11.2. The zero-order valence-corrected chi connectivity index (χ0v) is 18.8. The van der Waals surface area contributed by atoms with Crippen LogP contribution in [0.25, 0.3) is 0 Å². The summed E-state index contributed by atoms with van der Waals surface area (Å²) in [5, 5.41) is 3.67. The third-order valence-electron chi connectivity index (χ3n) is 3.87. The third-order valence-corrected chi connectivity index (χ3v) is 5.96. The van der Waals surface area contributed by atoms with Crippen molar-refractivity contribution < 1.29 is 17.9 Å². The van der Waals surface area contributed by atoms with E-state index < -0.39 is 10.0 Å². The van der Waals surface area contributed by atoms with Gasteiger partial charge in [0.15, 0.2) is 0 Å². The first-order valence-corrected chi connectivity index (χ1v) is 11.7. The molecule has 0 bridgehead atoms. The molecule has 0 heterocycles. The van der Waals surface area contributed by atoms with Crippen molar-refractivity contribution in [1.82, 2.24) is 5.32 Å². The molecule has 6 nitrogen and oxygen atoms in total. The Hall–Kier alpha value is -1.67. The van der Waals surface area contributed by atoms with Crippen LogP contribution in [0, 0.1) is 0 Å². The van der Waals surface area contributed by atoms with Crippen LogP contribution in [0.1, 0.15) is 12.8 Å². The lowest BCUT2D eigenvalue weighted by Crippen LogP contribution is -2.33. The minimum absolute atomic E-state index is 0.0752. The number of carbonyl (C=O) groups is 1. The lowest BCUT2D eigenvalue weighted by Gasteiger charge is -2.24. The van der Waals surface area contributed by atoms with Gasteiger partial charge in [0.25, 0.3) is 0 Å². The van der Waals surface area contributed by atoms with Crippen molar-refractivity contribution in [3.05, 3.63) is 57.5 Å². The van der Waals surface area contributed by atoms with E-state index in [0.717, 1.165) is 10.6 Å². The smallest absolute Gasteiger partial charge is 0.232 e. The van der Waals surface area contributed by atoms with E-state index in [1.54, 1.807) is 42.5 Å². The van der Waals surface area contributed by atoms with E-state index in [2.05, 4.69) is 5.32 Å². The standard InChI is InChI=1S/C19H21Cl3N2O4S/c1-29(26,27)24(19-15(21)7-4-8-16(19)22)12-5-10-18(25)23-11-13-28-17-9-3-2-6-14(17)20/h2-4,6-9H,5,10-13H2,1H3,(H,23,25). The minimum Gasteiger partial charge on any atom is -0.490 e. The second-order valence-corrected chi connectivity index (χ2v) is 9.27. The molecule has 0 aromatic heterocycles. The summed E-state index contributed by atoms with van der Waals surface area (Å²) in [4.78, 5) is 12.0. The van der Waals surface area contributed by atoms with E-state index in [0.29, 0.717) is 23.7 Å². The van der Waals surface area contributed by atoms with Gasteiger partial charge in [-0.1, -0.05) is 53.0 Å². The van der Waals surface area contributed by atoms with Gasteiger partial charge in [-0.05, 0) is 30.7 Å². The largest absolute Gasteiger partial charge is 0.490 e. The van der Waals surface area contributed by atoms with Gasteiger partial charge in [-0.2, -0.15) is 0 Å². The lowest BCUT2D eigenvalue weighted by atomic mass is 10.2. The summed E-state index contributed by atoms with van der Waals surface area (Å²) < 4.78 is 30.9. The molecule has 1 N–H and O–H groups in total. The molecule has 158 valence electrons. The molecule has 0 fully saturated rings. The Morgan fingerprint density at radius 3 is 2.28 bits per heavy atom. The molecule has 29 heavy (non-hydrogen) atoms. The van der Waals surface area contributed by atoms with Gasteiger partial charge in [0.05, 0.1) is 33.6 Å². The van der Waals surface area contributed by atoms with Crippen molar-refractivity contribution >= 4 is 56.4 Å². The van der Waals surface area contributed by atoms with E-state index in [9.17, 15) is 13.2 Å². The summed E-state index contributed by atoms with van der Waals surface area (Å²) in [7, 11) is -3.62. The van der Waals surface area contributed by atoms with Gasteiger partial charge in [-0.15, -0.1) is 0 Å². The highest BCUT2D eigenvalue weighted by atomic mass is 35.5. The Morgan fingerprint density at radius 1 is 1.03 bits per heavy atom. The number of ether oxygens (including phenoxy) is 1. The third kappa shape index (κ3) is 7.26. The summed E-state index contributed by atoms with van der Waals surface area (Å²) >= 11 is 18.2. The second-order valence-electron chi connectivity index (χ2n) is 6.14. The highest BCUT2D eigenvalue weighted by Gasteiger charge is 2.22. The van der Waals surface area contributed by atoms with Crippen molar-refractivity contribution in [1.29, 1.82) is 0 Å². The van der Waals surface area contributed by atoms with E-state index in [1.165, 1.54) is 0 Å². The molecule has 0 radical (unpaired) electrons. The molecule has 2 aromatic carbocycles. The van der Waals surface area contributed by atoms with Gasteiger partial charge in [0, 0.05) is 13.0 Å². The predicted octanol–water partition coefficient (Wildman–Crippen LogP) is 4.39. The van der Waals surface area contributed by atoms with Gasteiger partial charge in [0.2, 0.25) is 15.9 Å². The maximum atomic E-state index is 12.2. The number of para-hydroxylation sites is 2. The number of benzene rings is 2. The number of halogens is 3. The summed E-state index contributed by atoms with van der Waals surface area (Å²) in [6.45, 7) is 0.641. The topological polar surface area (TPSA) is 75.7 Å². The fourth-order valence-electron chi connectivity index (χ4n) is 2.56. The molecule has 0 aliphatic rings. The van der Waals surface area contributed by atoms with Crippen LogP contribution in [0.4, 0.5) is 5.69 Å². The van der Waals surface area contributed by atoms with Crippen molar-refractivity contribution in [2.45, 2.75) is 12.8 Å². The number of carbonyl (C=O) groups excluding carboxylic acids is 1. The monoisotopic (exact) mass is 478 g/mol. The zero-order valence-electron chi connectivity index (χ0n) is 15.7. The van der Waals surface area contributed by atoms with E-state index in [4.69, 9.17) is 39.5 Å². The molecule has 2 aromatic rings. The van der Waals surface area contributed by atoms with Gasteiger partial charge in [-0.25, -0.2) is 8.42 Å². The molecule has 0 saturated heterocycles. The van der Waals surface area contributed by atoms with Crippen LogP contribution in [0.15, 0.2) is 42.5 Å². The van der Waals surface area contributed by atoms with Crippen LogP contribution in [0.5, 0.6) is 5.75 Å². The van der Waals surface area contributed by atoms with Gasteiger partial charge in [0.1, 0.15) is 12.4 Å². The molecule has 0 spiro atoms. The molecule has 0 aliphatic carbocycles. The van der Waals surface area contributed by atoms with Gasteiger partial charge < -0.3 is 10.1 Å². The second kappa shape index (κ2) is 10.9. The first-order chi connectivity index (χ1) is 13.7. The average Bonchev–Trinajstić information content (AvgIpc) is 2.64. The van der Waals surface area contributed by atoms with Crippen LogP contribution in [0.3, 0.4) is 0 Å². The number of amides is 1. The lowest BCUT2D eigenvalue weighted by molar-refractivity contribution is -0.121. The summed E-state index contributed by atoms with van der Waals surface area (Å²) in [6.07, 6.45) is 1.50. The Labute approximate surface area is 185 Å². The number of hydrogen-bond acceptors (Lipinski definition) is 4. The van der Waals surface area contributed by atoms with E-state index in [-0.39, 0.29) is 41.2 Å². The quantitative estimate of drug-likeness (QED) is 0.513. The molecule has 0 saturated carbocycles. The highest BCUT2D eigenvalue weighted by Crippen LogP contribution is 2.35. The fourth-order valence-corrected chi connectivity index (χ4v) is 4.44. The molecular weight excluding hydrogens is 459 g/mol. The van der Waals surface area contributed by atoms with Gasteiger partial charge in [-0.3, -0.25) is 9.10 Å². The Bertz CT molecular complexity index is 934. The average molecular weight is 480 g/mol. The number of anilines is 1. The molecule has 1 amide bonds. The fraction of sp³-hybridized carbons (Fsp3) is 0.316. The number of nitrogens with zero attached hydrogens (tertiary/aromatic N) is 1. The maximum Gasteiger partial charge on any atom is 0.232 e. The minimum atomic E-state index is -3.62. The maximum absolute atomic E-state index is 12.2. The Morgan fingerprint density at radius 2 is 1.66 bits per heavy atom. The summed E-state index contributed by atoms with van der Waals surface area (Å²) in [6, 6.07) is 11.8. The van der Waals surface area contributed by atoms with Crippen LogP contribution in [-0.2, 0) is 14.8 Å². The first kappa shape index (κ1) is 23.6. The van der Waals surface area contributed by atoms with Crippen LogP contribution in [0.2, 0.25) is 15.1 Å². The molecule has 0 atom stereocenters. The Kier molecular flexibility index (Phi) is 8.89. The highest BCUT2D eigenvalue weighted by molar-refractivity contribution is 7.92. The number of nitrogens with one attached hydrogen (secondary N) is 1. The Balaban J connectivity index is 1.82. The van der Waals surface area contributed by atoms with E-state index in [1.807, 2.05) is 0 Å². The summed E-state index contributed by atoms with van der Waals surface area (Å²) in [5.41, 5.74) is 0.215. The first-order valence-electron chi connectivity index (χ1n) is 8.76. The van der Waals surface area contributed by atoms with Crippen molar-refractivity contribution in [3.8, 4) is 5.75 Å². The number of rotatable bonds is 10. The molecule has 0 aliphatic heterocycles. The summed E-state index contributed by atoms with van der Waals surface area (Å²) in [5.74, 6) is 0.329. The van der Waals surface area contributed by atoms with Crippen molar-refractivity contribution in [3.63, 3.8) is 0 Å². The molecule has 0 unspecified atom stereocenters. The SMILES string of the molecule is CS(=O)(=O)N(CCCC(=O)NCCOc1ccccc1Cl)c1c(Cl)cccc1Cl. The number of sulfonamides is 1. The van der Waals surface area contributed by atoms with Gasteiger partial charge >= 0.3 is 0 Å². The molecule has 2 rings (SSSR count). The number of hydrogen-bond donors (Lipinski definition) is 1. The van der Waals surface area contributed by atoms with Crippen LogP contribution < -0.4 is 14.4 Å². The van der Waals surface area contributed by atoms with Crippen molar-refractivity contribution in [2.75, 3.05) is 30.3 Å². The van der Waals surface area contributed by atoms with Crippen LogP contribution in [-0.4, -0.2) is 40.3 Å². The van der Waals surface area contributed by atoms with E-state index >= 15 is 0 Å². The molecule has 10 heteroatoms. The molecular formula is C19H21Cl3N2O4S. The zero-order chi connectivity index (χ0) is 21.4. The van der Waals surface area contributed by atoms with Crippen LogP contribution >= 0.6 is 34.8 Å².